The smallest absolute Gasteiger partial charge is 0.236 e. The maximum atomic E-state index is 12.1. The summed E-state index contributed by atoms with van der Waals surface area (Å²) in [5.41, 5.74) is 0. The number of nitrogens with zero attached hydrogens (tertiary/aromatic N) is 2. The van der Waals surface area contributed by atoms with Crippen molar-refractivity contribution >= 4 is 5.91 Å². The molecular weight excluding hydrogens is 238 g/mol. The van der Waals surface area contributed by atoms with Crippen molar-refractivity contribution in [3.8, 4) is 0 Å². The summed E-state index contributed by atoms with van der Waals surface area (Å²) in [7, 11) is 0. The van der Waals surface area contributed by atoms with Gasteiger partial charge in [-0.25, -0.2) is 0 Å². The average molecular weight is 271 g/mol. The Morgan fingerprint density at radius 1 is 1.05 bits per heavy atom. The van der Waals surface area contributed by atoms with E-state index in [1.807, 2.05) is 4.90 Å². The minimum Gasteiger partial charge on any atom is -0.342 e. The van der Waals surface area contributed by atoms with Crippen LogP contribution in [0, 0.1) is 0 Å². The molecule has 4 heteroatoms. The standard InChI is InChI=1S/C15H33N3O/c1-6-14(5)16-13-15(19)18(9-4)12-10-11-17(7-2)8-3/h14,16H,6-13H2,1-5H3. The normalized spacial score (nSPS) is 12.7. The van der Waals surface area contributed by atoms with Crippen LogP contribution in [0.1, 0.15) is 47.5 Å². The lowest BCUT2D eigenvalue weighted by molar-refractivity contribution is -0.130. The average Bonchev–Trinajstić information content (AvgIpc) is 2.44. The van der Waals surface area contributed by atoms with Gasteiger partial charge >= 0.3 is 0 Å². The van der Waals surface area contributed by atoms with Crippen LogP contribution in [-0.2, 0) is 4.79 Å². The van der Waals surface area contributed by atoms with Crippen molar-refractivity contribution in [3.63, 3.8) is 0 Å². The molecule has 0 bridgehead atoms. The van der Waals surface area contributed by atoms with Gasteiger partial charge in [-0.15, -0.1) is 0 Å². The van der Waals surface area contributed by atoms with Gasteiger partial charge < -0.3 is 15.1 Å². The molecule has 0 aromatic carbocycles. The van der Waals surface area contributed by atoms with Gasteiger partial charge in [0.05, 0.1) is 6.54 Å². The molecule has 0 radical (unpaired) electrons. The molecule has 114 valence electrons. The molecule has 0 heterocycles. The summed E-state index contributed by atoms with van der Waals surface area (Å²) in [5.74, 6) is 0.224. The number of carbonyl (C=O) groups is 1. The van der Waals surface area contributed by atoms with Gasteiger partial charge in [-0.3, -0.25) is 4.79 Å². The number of hydrogen-bond donors (Lipinski definition) is 1. The topological polar surface area (TPSA) is 35.6 Å². The Morgan fingerprint density at radius 3 is 2.16 bits per heavy atom. The first-order valence-corrected chi connectivity index (χ1v) is 7.82. The Kier molecular flexibility index (Phi) is 10.9. The molecule has 1 unspecified atom stereocenters. The van der Waals surface area contributed by atoms with E-state index in [0.717, 1.165) is 45.6 Å². The Balaban J connectivity index is 3.95. The molecule has 0 rings (SSSR count). The third-order valence-electron chi connectivity index (χ3n) is 3.75. The van der Waals surface area contributed by atoms with Crippen molar-refractivity contribution in [3.05, 3.63) is 0 Å². The van der Waals surface area contributed by atoms with Crippen molar-refractivity contribution in [1.82, 2.24) is 15.1 Å². The first kappa shape index (κ1) is 18.4. The Bertz CT molecular complexity index is 229. The third kappa shape index (κ3) is 8.22. The van der Waals surface area contributed by atoms with Gasteiger partial charge in [0.2, 0.25) is 5.91 Å². The van der Waals surface area contributed by atoms with Gasteiger partial charge in [0.15, 0.2) is 0 Å². The van der Waals surface area contributed by atoms with Crippen LogP contribution in [-0.4, -0.2) is 61.0 Å². The second-order valence-electron chi connectivity index (χ2n) is 5.04. The highest BCUT2D eigenvalue weighted by Crippen LogP contribution is 1.97. The van der Waals surface area contributed by atoms with Gasteiger partial charge in [-0.2, -0.15) is 0 Å². The maximum Gasteiger partial charge on any atom is 0.236 e. The van der Waals surface area contributed by atoms with E-state index >= 15 is 0 Å². The molecule has 1 atom stereocenters. The van der Waals surface area contributed by atoms with Crippen LogP contribution < -0.4 is 5.32 Å². The monoisotopic (exact) mass is 271 g/mol. The van der Waals surface area contributed by atoms with E-state index in [9.17, 15) is 4.79 Å². The maximum absolute atomic E-state index is 12.1. The first-order chi connectivity index (χ1) is 9.08. The highest BCUT2D eigenvalue weighted by molar-refractivity contribution is 5.78. The van der Waals surface area contributed by atoms with Crippen LogP contribution in [0.15, 0.2) is 0 Å². The van der Waals surface area contributed by atoms with Gasteiger partial charge in [0, 0.05) is 19.1 Å². The molecule has 19 heavy (non-hydrogen) atoms. The van der Waals surface area contributed by atoms with Crippen molar-refractivity contribution < 1.29 is 4.79 Å². The zero-order valence-corrected chi connectivity index (χ0v) is 13.5. The quantitative estimate of drug-likeness (QED) is 0.624. The second-order valence-corrected chi connectivity index (χ2v) is 5.04. The lowest BCUT2D eigenvalue weighted by Gasteiger charge is -2.24. The summed E-state index contributed by atoms with van der Waals surface area (Å²) >= 11 is 0. The first-order valence-electron chi connectivity index (χ1n) is 7.82. The SMILES string of the molecule is CCC(C)NCC(=O)N(CC)CCCN(CC)CC. The van der Waals surface area contributed by atoms with E-state index < -0.39 is 0 Å². The number of hydrogen-bond acceptors (Lipinski definition) is 3. The van der Waals surface area contributed by atoms with Crippen LogP contribution in [0.5, 0.6) is 0 Å². The van der Waals surface area contributed by atoms with Gasteiger partial charge in [0.1, 0.15) is 0 Å². The predicted octanol–water partition coefficient (Wildman–Crippen LogP) is 1.95. The molecule has 0 spiro atoms. The zero-order valence-electron chi connectivity index (χ0n) is 13.5. The van der Waals surface area contributed by atoms with Gasteiger partial charge in [-0.05, 0) is 46.3 Å². The number of amides is 1. The Labute approximate surface area is 119 Å². The molecule has 1 N–H and O–H groups in total. The molecule has 0 fully saturated rings. The zero-order chi connectivity index (χ0) is 14.7. The highest BCUT2D eigenvalue weighted by Gasteiger charge is 2.12. The van der Waals surface area contributed by atoms with Crippen molar-refractivity contribution in [2.24, 2.45) is 0 Å². The molecule has 0 aliphatic carbocycles. The number of carbonyl (C=O) groups excluding carboxylic acids is 1. The summed E-state index contributed by atoms with van der Waals surface area (Å²) < 4.78 is 0. The van der Waals surface area contributed by atoms with E-state index in [2.05, 4.69) is 44.8 Å². The van der Waals surface area contributed by atoms with E-state index in [-0.39, 0.29) is 5.91 Å². The number of likely N-dealkylation sites (N-methyl/N-ethyl adjacent to an activating group) is 1. The molecule has 0 saturated carbocycles. The summed E-state index contributed by atoms with van der Waals surface area (Å²) in [6.07, 6.45) is 2.12. The predicted molar refractivity (Wildman–Crippen MR) is 82.4 cm³/mol. The van der Waals surface area contributed by atoms with Crippen LogP contribution in [0.2, 0.25) is 0 Å². The van der Waals surface area contributed by atoms with Crippen LogP contribution >= 0.6 is 0 Å². The van der Waals surface area contributed by atoms with Crippen molar-refractivity contribution in [2.45, 2.75) is 53.5 Å². The molecule has 0 aliphatic rings. The van der Waals surface area contributed by atoms with E-state index in [0.29, 0.717) is 12.6 Å². The van der Waals surface area contributed by atoms with Crippen molar-refractivity contribution in [2.75, 3.05) is 39.3 Å². The van der Waals surface area contributed by atoms with Crippen LogP contribution in [0.4, 0.5) is 0 Å². The minimum absolute atomic E-state index is 0.224. The van der Waals surface area contributed by atoms with Crippen LogP contribution in [0.25, 0.3) is 0 Å². The molecular formula is C15H33N3O. The summed E-state index contributed by atoms with van der Waals surface area (Å²) in [6, 6.07) is 0.415. The van der Waals surface area contributed by atoms with E-state index in [1.54, 1.807) is 0 Å². The fraction of sp³-hybridized carbons (Fsp3) is 0.933. The summed E-state index contributed by atoms with van der Waals surface area (Å²) in [4.78, 5) is 16.4. The largest absolute Gasteiger partial charge is 0.342 e. The van der Waals surface area contributed by atoms with E-state index in [1.165, 1.54) is 0 Å². The molecule has 0 aromatic rings. The number of rotatable bonds is 11. The van der Waals surface area contributed by atoms with Crippen molar-refractivity contribution in [1.29, 1.82) is 0 Å². The number of nitrogens with one attached hydrogen (secondary N) is 1. The third-order valence-corrected chi connectivity index (χ3v) is 3.75. The minimum atomic E-state index is 0.224. The molecule has 0 saturated heterocycles. The summed E-state index contributed by atoms with van der Waals surface area (Å²) in [5, 5.41) is 3.27. The lowest BCUT2D eigenvalue weighted by Crippen LogP contribution is -2.41. The molecule has 1 amide bonds. The summed E-state index contributed by atoms with van der Waals surface area (Å²) in [6.45, 7) is 16.1. The lowest BCUT2D eigenvalue weighted by atomic mass is 10.2. The highest BCUT2D eigenvalue weighted by atomic mass is 16.2. The Morgan fingerprint density at radius 2 is 1.68 bits per heavy atom. The van der Waals surface area contributed by atoms with E-state index in [4.69, 9.17) is 0 Å². The fourth-order valence-electron chi connectivity index (χ4n) is 2.00. The molecule has 0 aliphatic heterocycles. The molecule has 4 nitrogen and oxygen atoms in total. The van der Waals surface area contributed by atoms with Gasteiger partial charge in [-0.1, -0.05) is 20.8 Å². The van der Waals surface area contributed by atoms with Crippen LogP contribution in [0.3, 0.4) is 0 Å². The second kappa shape index (κ2) is 11.2. The molecule has 0 aromatic heterocycles. The van der Waals surface area contributed by atoms with Gasteiger partial charge in [0.25, 0.3) is 0 Å². The fourth-order valence-corrected chi connectivity index (χ4v) is 2.00. The Hall–Kier alpha value is -0.610.